The Morgan fingerprint density at radius 1 is 1.10 bits per heavy atom. The van der Waals surface area contributed by atoms with Crippen molar-refractivity contribution in [1.29, 1.82) is 0 Å². The standard InChI is InChI=1S/C22H28N6O2/c1-26-7-5-18(6-8-26)28-21-19(14-23-28)20(17-4-2-3-16(13-17)15-29)24-22(25-21)27-9-11-30-12-10-27/h2-4,13-14,18,29H,5-12,15H2,1H3. The second-order valence-electron chi connectivity index (χ2n) is 8.19. The number of aromatic nitrogens is 4. The summed E-state index contributed by atoms with van der Waals surface area (Å²) in [5.74, 6) is 0.727. The number of likely N-dealkylation sites (tertiary alicyclic amines) is 1. The molecule has 0 atom stereocenters. The third-order valence-corrected chi connectivity index (χ3v) is 6.15. The largest absolute Gasteiger partial charge is 0.392 e. The number of fused-ring (bicyclic) bond motifs is 1. The second kappa shape index (κ2) is 8.29. The van der Waals surface area contributed by atoms with Crippen molar-refractivity contribution in [2.75, 3.05) is 51.3 Å². The van der Waals surface area contributed by atoms with Gasteiger partial charge in [-0.15, -0.1) is 0 Å². The molecule has 3 aromatic rings. The number of morpholine rings is 1. The first-order valence-corrected chi connectivity index (χ1v) is 10.7. The summed E-state index contributed by atoms with van der Waals surface area (Å²) in [5.41, 5.74) is 3.61. The monoisotopic (exact) mass is 408 g/mol. The summed E-state index contributed by atoms with van der Waals surface area (Å²) in [7, 11) is 2.17. The zero-order valence-electron chi connectivity index (χ0n) is 17.4. The number of ether oxygens (including phenoxy) is 1. The molecule has 8 nitrogen and oxygen atoms in total. The van der Waals surface area contributed by atoms with Gasteiger partial charge in [0.05, 0.1) is 43.1 Å². The molecule has 2 fully saturated rings. The van der Waals surface area contributed by atoms with Crippen LogP contribution in [-0.4, -0.2) is 76.2 Å². The Morgan fingerprint density at radius 2 is 1.90 bits per heavy atom. The molecule has 0 spiro atoms. The van der Waals surface area contributed by atoms with E-state index in [0.29, 0.717) is 19.3 Å². The normalized spacial score (nSPS) is 18.9. The van der Waals surface area contributed by atoms with Crippen molar-refractivity contribution in [3.8, 4) is 11.3 Å². The number of piperidine rings is 1. The lowest BCUT2D eigenvalue weighted by molar-refractivity contribution is 0.122. The highest BCUT2D eigenvalue weighted by atomic mass is 16.5. The Bertz CT molecular complexity index is 1020. The van der Waals surface area contributed by atoms with E-state index in [1.165, 1.54) is 0 Å². The van der Waals surface area contributed by atoms with E-state index in [-0.39, 0.29) is 6.61 Å². The average molecular weight is 409 g/mol. The third kappa shape index (κ3) is 3.66. The second-order valence-corrected chi connectivity index (χ2v) is 8.19. The SMILES string of the molecule is CN1CCC(n2ncc3c(-c4cccc(CO)c4)nc(N4CCOCC4)nc32)CC1. The van der Waals surface area contributed by atoms with Gasteiger partial charge in [0.2, 0.25) is 5.95 Å². The van der Waals surface area contributed by atoms with Crippen LogP contribution >= 0.6 is 0 Å². The molecule has 1 N–H and O–H groups in total. The molecule has 2 saturated heterocycles. The smallest absolute Gasteiger partial charge is 0.228 e. The van der Waals surface area contributed by atoms with Gasteiger partial charge in [0.1, 0.15) is 0 Å². The highest BCUT2D eigenvalue weighted by Gasteiger charge is 2.24. The van der Waals surface area contributed by atoms with Crippen LogP contribution in [0.5, 0.6) is 0 Å². The first kappa shape index (κ1) is 19.4. The molecule has 0 aliphatic carbocycles. The van der Waals surface area contributed by atoms with Crippen LogP contribution in [0.1, 0.15) is 24.4 Å². The molecule has 2 aromatic heterocycles. The van der Waals surface area contributed by atoms with E-state index in [1.54, 1.807) is 0 Å². The maximum absolute atomic E-state index is 9.60. The molecule has 2 aliphatic rings. The molecule has 0 unspecified atom stereocenters. The number of nitrogens with zero attached hydrogens (tertiary/aromatic N) is 6. The molecule has 8 heteroatoms. The molecule has 30 heavy (non-hydrogen) atoms. The molecule has 0 saturated carbocycles. The van der Waals surface area contributed by atoms with E-state index in [1.807, 2.05) is 30.5 Å². The molecule has 1 aromatic carbocycles. The number of benzene rings is 1. The molecule has 158 valence electrons. The summed E-state index contributed by atoms with van der Waals surface area (Å²) in [5, 5.41) is 15.3. The highest BCUT2D eigenvalue weighted by Crippen LogP contribution is 2.32. The van der Waals surface area contributed by atoms with Crippen LogP contribution in [0.15, 0.2) is 30.5 Å². The topological polar surface area (TPSA) is 79.5 Å². The molecular formula is C22H28N6O2. The van der Waals surface area contributed by atoms with Crippen LogP contribution in [0.4, 0.5) is 5.95 Å². The van der Waals surface area contributed by atoms with Gasteiger partial charge in [0.25, 0.3) is 0 Å². The first-order valence-electron chi connectivity index (χ1n) is 10.7. The van der Waals surface area contributed by atoms with Gasteiger partial charge in [0, 0.05) is 18.7 Å². The van der Waals surface area contributed by atoms with Crippen LogP contribution in [0.25, 0.3) is 22.3 Å². The van der Waals surface area contributed by atoms with Gasteiger partial charge in [-0.05, 0) is 44.6 Å². The molecule has 2 aliphatic heterocycles. The van der Waals surface area contributed by atoms with Crippen LogP contribution in [0.2, 0.25) is 0 Å². The van der Waals surface area contributed by atoms with Crippen LogP contribution in [0.3, 0.4) is 0 Å². The van der Waals surface area contributed by atoms with Gasteiger partial charge in [0.15, 0.2) is 5.65 Å². The van der Waals surface area contributed by atoms with Crippen LogP contribution < -0.4 is 4.90 Å². The zero-order chi connectivity index (χ0) is 20.5. The average Bonchev–Trinajstić information content (AvgIpc) is 3.23. The number of hydrogen-bond acceptors (Lipinski definition) is 7. The zero-order valence-corrected chi connectivity index (χ0v) is 17.4. The van der Waals surface area contributed by atoms with Crippen molar-refractivity contribution in [2.24, 2.45) is 0 Å². The summed E-state index contributed by atoms with van der Waals surface area (Å²) < 4.78 is 7.63. The van der Waals surface area contributed by atoms with E-state index in [2.05, 4.69) is 21.5 Å². The van der Waals surface area contributed by atoms with Gasteiger partial charge >= 0.3 is 0 Å². The Morgan fingerprint density at radius 3 is 2.67 bits per heavy atom. The molecule has 4 heterocycles. The Labute approximate surface area is 176 Å². The van der Waals surface area contributed by atoms with Crippen molar-refractivity contribution < 1.29 is 9.84 Å². The molecule has 0 bridgehead atoms. The van der Waals surface area contributed by atoms with E-state index in [4.69, 9.17) is 19.8 Å². The number of rotatable bonds is 4. The van der Waals surface area contributed by atoms with Crippen molar-refractivity contribution in [3.05, 3.63) is 36.0 Å². The number of aliphatic hydroxyl groups is 1. The predicted molar refractivity (Wildman–Crippen MR) is 115 cm³/mol. The van der Waals surface area contributed by atoms with Gasteiger partial charge in [-0.1, -0.05) is 18.2 Å². The lowest BCUT2D eigenvalue weighted by Gasteiger charge is -2.30. The summed E-state index contributed by atoms with van der Waals surface area (Å²) in [4.78, 5) is 14.5. The van der Waals surface area contributed by atoms with Crippen LogP contribution in [-0.2, 0) is 11.3 Å². The number of hydrogen-bond donors (Lipinski definition) is 1. The van der Waals surface area contributed by atoms with E-state index >= 15 is 0 Å². The fourth-order valence-corrected chi connectivity index (χ4v) is 4.36. The lowest BCUT2D eigenvalue weighted by Crippen LogP contribution is -2.37. The van der Waals surface area contributed by atoms with Gasteiger partial charge < -0.3 is 19.6 Å². The Balaban J connectivity index is 1.64. The summed E-state index contributed by atoms with van der Waals surface area (Å²) in [6.45, 7) is 5.08. The van der Waals surface area contributed by atoms with Crippen molar-refractivity contribution in [3.63, 3.8) is 0 Å². The molecule has 0 amide bonds. The van der Waals surface area contributed by atoms with Crippen LogP contribution in [0, 0.1) is 0 Å². The van der Waals surface area contributed by atoms with Crippen molar-refractivity contribution in [1.82, 2.24) is 24.6 Å². The van der Waals surface area contributed by atoms with Gasteiger partial charge in [-0.25, -0.2) is 9.67 Å². The quantitative estimate of drug-likeness (QED) is 0.708. The molecule has 5 rings (SSSR count). The van der Waals surface area contributed by atoms with Crippen molar-refractivity contribution in [2.45, 2.75) is 25.5 Å². The summed E-state index contributed by atoms with van der Waals surface area (Å²) >= 11 is 0. The predicted octanol–water partition coefficient (Wildman–Crippen LogP) is 2.09. The minimum absolute atomic E-state index is 0.00718. The first-order chi connectivity index (χ1) is 14.7. The fourth-order valence-electron chi connectivity index (χ4n) is 4.36. The molecule has 0 radical (unpaired) electrons. The fraction of sp³-hybridized carbons (Fsp3) is 0.500. The minimum Gasteiger partial charge on any atom is -0.392 e. The lowest BCUT2D eigenvalue weighted by atomic mass is 10.0. The maximum Gasteiger partial charge on any atom is 0.228 e. The third-order valence-electron chi connectivity index (χ3n) is 6.15. The van der Waals surface area contributed by atoms with Crippen molar-refractivity contribution >= 4 is 17.0 Å². The minimum atomic E-state index is 0.00718. The summed E-state index contributed by atoms with van der Waals surface area (Å²) in [6, 6.07) is 8.27. The van der Waals surface area contributed by atoms with E-state index in [9.17, 15) is 5.11 Å². The summed E-state index contributed by atoms with van der Waals surface area (Å²) in [6.07, 6.45) is 4.04. The highest BCUT2D eigenvalue weighted by molar-refractivity contribution is 5.91. The maximum atomic E-state index is 9.60. The molecular weight excluding hydrogens is 380 g/mol. The van der Waals surface area contributed by atoms with E-state index in [0.717, 1.165) is 72.8 Å². The number of anilines is 1. The van der Waals surface area contributed by atoms with E-state index < -0.39 is 0 Å². The Hall–Kier alpha value is -2.55. The van der Waals surface area contributed by atoms with Gasteiger partial charge in [-0.3, -0.25) is 0 Å². The number of aliphatic hydroxyl groups excluding tert-OH is 1. The van der Waals surface area contributed by atoms with Gasteiger partial charge in [-0.2, -0.15) is 10.1 Å². The Kier molecular flexibility index (Phi) is 5.37.